The molecule has 0 atom stereocenters. The lowest BCUT2D eigenvalue weighted by molar-refractivity contribution is -0.401. The van der Waals surface area contributed by atoms with Gasteiger partial charge in [0, 0.05) is 0 Å². The van der Waals surface area contributed by atoms with Crippen molar-refractivity contribution in [1.29, 1.82) is 0 Å². The summed E-state index contributed by atoms with van der Waals surface area (Å²) in [4.78, 5) is 1.35. The average molecular weight is 505 g/mol. The zero-order chi connectivity index (χ0) is 25.3. The van der Waals surface area contributed by atoms with E-state index in [4.69, 9.17) is 0 Å². The van der Waals surface area contributed by atoms with E-state index in [1.807, 2.05) is 0 Å². The third kappa shape index (κ3) is 3.52. The van der Waals surface area contributed by atoms with Crippen molar-refractivity contribution in [2.75, 3.05) is 0 Å². The molecule has 0 aliphatic rings. The summed E-state index contributed by atoms with van der Waals surface area (Å²) in [7, 11) is 0. The summed E-state index contributed by atoms with van der Waals surface area (Å²) in [5.41, 5.74) is 0. The second-order valence-corrected chi connectivity index (χ2v) is 5.45. The van der Waals surface area contributed by atoms with Gasteiger partial charge < -0.3 is 0 Å². The lowest BCUT2D eigenvalue weighted by atomic mass is 10.0. The van der Waals surface area contributed by atoms with Gasteiger partial charge in [0.15, 0.2) is 0 Å². The maximum Gasteiger partial charge on any atom is 0.460 e. The number of aromatic nitrogens is 3. The fraction of sp³-hybridized carbons (Fsp3) is 0.800. The molecule has 1 aromatic heterocycles. The number of hydrogen-bond donors (Lipinski definition) is 1. The van der Waals surface area contributed by atoms with Gasteiger partial charge in [0.05, 0.1) is 0 Å². The monoisotopic (exact) mass is 505 g/mol. The van der Waals surface area contributed by atoms with Crippen molar-refractivity contribution < 1.29 is 79.0 Å². The van der Waals surface area contributed by atoms with E-state index >= 15 is 0 Å². The summed E-state index contributed by atoms with van der Waals surface area (Å²) in [6.45, 7) is 0. The number of nitrogens with one attached hydrogen (secondary N) is 1. The third-order valence-corrected chi connectivity index (χ3v) is 3.35. The number of halogens is 18. The van der Waals surface area contributed by atoms with Crippen molar-refractivity contribution in [2.45, 2.75) is 47.9 Å². The van der Waals surface area contributed by atoms with Crippen LogP contribution in [-0.2, 0) is 11.8 Å². The smallest absolute Gasteiger partial charge is 0.258 e. The van der Waals surface area contributed by atoms with E-state index in [2.05, 4.69) is 0 Å². The summed E-state index contributed by atoms with van der Waals surface area (Å²) in [6.07, 6.45) is -14.8. The van der Waals surface area contributed by atoms with Crippen molar-refractivity contribution in [2.24, 2.45) is 0 Å². The van der Waals surface area contributed by atoms with Gasteiger partial charge in [-0.05, 0) is 0 Å². The van der Waals surface area contributed by atoms with Crippen molar-refractivity contribution in [3.63, 3.8) is 0 Å². The van der Waals surface area contributed by atoms with Gasteiger partial charge in [0.2, 0.25) is 11.6 Å². The zero-order valence-electron chi connectivity index (χ0n) is 13.2. The highest BCUT2D eigenvalue weighted by atomic mass is 19.4. The normalized spacial score (nSPS) is 16.1. The van der Waals surface area contributed by atoms with E-state index in [9.17, 15) is 79.0 Å². The summed E-state index contributed by atoms with van der Waals surface area (Å²) < 4.78 is 229. The summed E-state index contributed by atoms with van der Waals surface area (Å²) in [6, 6.07) is 0. The molecule has 1 heterocycles. The van der Waals surface area contributed by atoms with Crippen molar-refractivity contribution in [3.8, 4) is 0 Å². The first kappa shape index (κ1) is 26.9. The second kappa shape index (κ2) is 6.69. The number of rotatable bonds is 6. The first-order chi connectivity index (χ1) is 13.2. The Balaban J connectivity index is 3.56. The molecule has 1 rings (SSSR count). The van der Waals surface area contributed by atoms with Crippen LogP contribution in [0.1, 0.15) is 11.6 Å². The minimum atomic E-state index is -7.61. The molecule has 1 aromatic rings. The Bertz CT molecular complexity index is 734. The van der Waals surface area contributed by atoms with Gasteiger partial charge in [-0.1, -0.05) is 0 Å². The molecule has 182 valence electrons. The predicted molar refractivity (Wildman–Crippen MR) is 56.1 cm³/mol. The number of H-pyrrole nitrogens is 1. The van der Waals surface area contributed by atoms with E-state index < -0.39 is 59.5 Å². The van der Waals surface area contributed by atoms with E-state index in [1.54, 1.807) is 5.10 Å². The molecule has 3 nitrogen and oxygen atoms in total. The van der Waals surface area contributed by atoms with E-state index in [1.165, 1.54) is 4.98 Å². The summed E-state index contributed by atoms with van der Waals surface area (Å²) in [5.74, 6) is -51.2. The van der Waals surface area contributed by atoms with Gasteiger partial charge in [-0.3, -0.25) is 5.10 Å². The Morgan fingerprint density at radius 2 is 0.774 bits per heavy atom. The van der Waals surface area contributed by atoms with Gasteiger partial charge >= 0.3 is 47.9 Å². The fourth-order valence-corrected chi connectivity index (χ4v) is 1.58. The molecule has 0 aliphatic heterocycles. The molecule has 0 bridgehead atoms. The van der Waals surface area contributed by atoms with Crippen molar-refractivity contribution >= 4 is 0 Å². The van der Waals surface area contributed by atoms with Gasteiger partial charge in [-0.25, -0.2) is 4.98 Å². The largest absolute Gasteiger partial charge is 0.460 e. The van der Waals surface area contributed by atoms with Crippen LogP contribution in [-0.4, -0.2) is 51.2 Å². The van der Waals surface area contributed by atoms with Gasteiger partial charge in [0.1, 0.15) is 0 Å². The van der Waals surface area contributed by atoms with Crippen LogP contribution in [0, 0.1) is 0 Å². The standard InChI is InChI=1S/C10HF18N3/c11-3(12,5(15,16)7(19,20)9(23,24)25)1-29-2(31-30-1)4(13,14)6(17,18)8(21,22)10(26,27)28/h(H,29,30,31). The first-order valence-corrected chi connectivity index (χ1v) is 6.55. The quantitative estimate of drug-likeness (QED) is 0.508. The van der Waals surface area contributed by atoms with Gasteiger partial charge in [-0.15, -0.1) is 0 Å². The Kier molecular flexibility index (Phi) is 5.81. The van der Waals surface area contributed by atoms with E-state index in [0.717, 1.165) is 0 Å². The number of aromatic amines is 1. The molecule has 31 heavy (non-hydrogen) atoms. The second-order valence-electron chi connectivity index (χ2n) is 5.45. The van der Waals surface area contributed by atoms with Crippen molar-refractivity contribution in [1.82, 2.24) is 15.2 Å². The van der Waals surface area contributed by atoms with E-state index in [-0.39, 0.29) is 5.10 Å². The summed E-state index contributed by atoms with van der Waals surface area (Å²) >= 11 is 0. The lowest BCUT2D eigenvalue weighted by Gasteiger charge is -2.32. The molecule has 1 N–H and O–H groups in total. The molecule has 0 radical (unpaired) electrons. The predicted octanol–water partition coefficient (Wildman–Crippen LogP) is 5.65. The highest BCUT2D eigenvalue weighted by molar-refractivity contribution is 5.15. The van der Waals surface area contributed by atoms with Crippen LogP contribution >= 0.6 is 0 Å². The number of alkyl halides is 18. The molecule has 0 saturated carbocycles. The Morgan fingerprint density at radius 1 is 0.452 bits per heavy atom. The Hall–Kier alpha value is -2.12. The molecular weight excluding hydrogens is 504 g/mol. The minimum Gasteiger partial charge on any atom is -0.258 e. The molecule has 21 heteroatoms. The SMILES string of the molecule is FC(F)(F)C(F)(F)C(F)(F)C(F)(F)c1n[nH]c(C(F)(F)C(F)(F)C(F)(F)C(F)(F)F)n1. The van der Waals surface area contributed by atoms with Gasteiger partial charge in [-0.2, -0.15) is 84.1 Å². The number of nitrogens with zero attached hydrogens (tertiary/aromatic N) is 2. The van der Waals surface area contributed by atoms with Crippen LogP contribution in [0.25, 0.3) is 0 Å². The number of hydrogen-bond acceptors (Lipinski definition) is 2. The van der Waals surface area contributed by atoms with Crippen LogP contribution in [0.5, 0.6) is 0 Å². The Labute approximate surface area is 155 Å². The van der Waals surface area contributed by atoms with Gasteiger partial charge in [0.25, 0.3) is 0 Å². The van der Waals surface area contributed by atoms with E-state index in [0.29, 0.717) is 0 Å². The van der Waals surface area contributed by atoms with Crippen molar-refractivity contribution in [3.05, 3.63) is 11.6 Å². The molecule has 0 aliphatic carbocycles. The lowest BCUT2D eigenvalue weighted by Crippen LogP contribution is -2.60. The molecule has 0 unspecified atom stereocenters. The fourth-order valence-electron chi connectivity index (χ4n) is 1.58. The third-order valence-electron chi connectivity index (χ3n) is 3.35. The molecule has 0 saturated heterocycles. The maximum atomic E-state index is 13.5. The highest BCUT2D eigenvalue weighted by Gasteiger charge is 2.85. The highest BCUT2D eigenvalue weighted by Crippen LogP contribution is 2.58. The molecule has 0 amide bonds. The van der Waals surface area contributed by atoms with Crippen LogP contribution in [0.2, 0.25) is 0 Å². The molecular formula is C10HF18N3. The minimum absolute atomic E-state index is 0.113. The first-order valence-electron chi connectivity index (χ1n) is 6.55. The topological polar surface area (TPSA) is 41.6 Å². The maximum absolute atomic E-state index is 13.5. The Morgan fingerprint density at radius 3 is 1.10 bits per heavy atom. The van der Waals surface area contributed by atoms with Crippen LogP contribution in [0.4, 0.5) is 79.0 Å². The summed E-state index contributed by atoms with van der Waals surface area (Å²) in [5, 5.41) is 1.68. The molecule has 0 aromatic carbocycles. The van der Waals surface area contributed by atoms with Crippen LogP contribution < -0.4 is 0 Å². The molecule has 0 fully saturated rings. The van der Waals surface area contributed by atoms with Crippen LogP contribution in [0.15, 0.2) is 0 Å². The molecule has 0 spiro atoms. The average Bonchev–Trinajstić information content (AvgIpc) is 3.03. The van der Waals surface area contributed by atoms with Crippen LogP contribution in [0.3, 0.4) is 0 Å². The zero-order valence-corrected chi connectivity index (χ0v) is 13.2.